The predicted octanol–water partition coefficient (Wildman–Crippen LogP) is 1.74. The van der Waals surface area contributed by atoms with E-state index < -0.39 is 28.7 Å². The molecule has 5 rings (SSSR count). The normalized spacial score (nSPS) is 29.7. The molecule has 2 aromatic carbocycles. The van der Waals surface area contributed by atoms with Crippen LogP contribution >= 0.6 is 11.8 Å². The van der Waals surface area contributed by atoms with Crippen molar-refractivity contribution in [1.29, 1.82) is 0 Å². The summed E-state index contributed by atoms with van der Waals surface area (Å²) < 4.78 is -0.663. The van der Waals surface area contributed by atoms with Gasteiger partial charge in [0.25, 0.3) is 0 Å². The Labute approximate surface area is 209 Å². The van der Waals surface area contributed by atoms with Gasteiger partial charge in [0, 0.05) is 18.8 Å². The van der Waals surface area contributed by atoms with Crippen LogP contribution in [-0.2, 0) is 27.3 Å². The zero-order chi connectivity index (χ0) is 24.6. The number of carbonyl (C=O) groups excluding carboxylic acids is 3. The molecule has 0 radical (unpaired) electrons. The Bertz CT molecular complexity index is 1100. The first-order chi connectivity index (χ1) is 17.0. The van der Waals surface area contributed by atoms with Crippen molar-refractivity contribution in [1.82, 2.24) is 15.5 Å². The number of nitrogens with one attached hydrogen (secondary N) is 2. The topological polar surface area (TPSA) is 98.7 Å². The molecule has 0 aromatic heterocycles. The SMILES string of the molecule is CNC(=O)[C@@H]1[C@@H]2CCC3(S2)C(C(=O)NCc2ccccc2)N([C@@H](CO)Cc2ccccc2)C(=O)[C@H]13. The van der Waals surface area contributed by atoms with Crippen LogP contribution in [0.4, 0.5) is 0 Å². The number of carbonyl (C=O) groups is 3. The molecule has 6 atom stereocenters. The van der Waals surface area contributed by atoms with Crippen LogP contribution in [0.2, 0.25) is 0 Å². The molecule has 2 bridgehead atoms. The zero-order valence-electron chi connectivity index (χ0n) is 19.7. The molecule has 3 aliphatic heterocycles. The van der Waals surface area contributed by atoms with Crippen molar-refractivity contribution in [2.75, 3.05) is 13.7 Å². The van der Waals surface area contributed by atoms with Crippen molar-refractivity contribution in [2.24, 2.45) is 11.8 Å². The van der Waals surface area contributed by atoms with Crippen molar-refractivity contribution in [2.45, 2.75) is 47.9 Å². The van der Waals surface area contributed by atoms with Gasteiger partial charge in [-0.1, -0.05) is 60.7 Å². The monoisotopic (exact) mass is 493 g/mol. The summed E-state index contributed by atoms with van der Waals surface area (Å²) in [6, 6.07) is 18.1. The molecule has 0 aliphatic carbocycles. The maximum Gasteiger partial charge on any atom is 0.244 e. The number of nitrogens with zero attached hydrogens (tertiary/aromatic N) is 1. The fourth-order valence-corrected chi connectivity index (χ4v) is 8.48. The number of rotatable bonds is 8. The van der Waals surface area contributed by atoms with E-state index in [1.54, 1.807) is 23.7 Å². The predicted molar refractivity (Wildman–Crippen MR) is 134 cm³/mol. The smallest absolute Gasteiger partial charge is 0.244 e. The van der Waals surface area contributed by atoms with E-state index in [9.17, 15) is 19.5 Å². The third kappa shape index (κ3) is 4.02. The molecule has 35 heavy (non-hydrogen) atoms. The van der Waals surface area contributed by atoms with E-state index in [0.717, 1.165) is 17.5 Å². The molecule has 3 heterocycles. The Balaban J connectivity index is 1.50. The minimum atomic E-state index is -0.741. The van der Waals surface area contributed by atoms with Gasteiger partial charge in [0.15, 0.2) is 0 Å². The van der Waals surface area contributed by atoms with E-state index in [1.165, 1.54) is 0 Å². The lowest BCUT2D eigenvalue weighted by Crippen LogP contribution is -2.56. The lowest BCUT2D eigenvalue weighted by atomic mass is 9.71. The van der Waals surface area contributed by atoms with E-state index in [2.05, 4.69) is 10.6 Å². The van der Waals surface area contributed by atoms with Crippen LogP contribution in [0.5, 0.6) is 0 Å². The van der Waals surface area contributed by atoms with Crippen molar-refractivity contribution >= 4 is 29.5 Å². The maximum absolute atomic E-state index is 14.0. The van der Waals surface area contributed by atoms with E-state index in [4.69, 9.17) is 0 Å². The number of aliphatic hydroxyl groups excluding tert-OH is 1. The fraction of sp³-hybridized carbons (Fsp3) is 0.444. The quantitative estimate of drug-likeness (QED) is 0.521. The average Bonchev–Trinajstić information content (AvgIpc) is 3.54. The molecule has 3 amide bonds. The van der Waals surface area contributed by atoms with Gasteiger partial charge in [-0.2, -0.15) is 0 Å². The highest BCUT2D eigenvalue weighted by molar-refractivity contribution is 8.02. The van der Waals surface area contributed by atoms with Gasteiger partial charge < -0.3 is 20.6 Å². The van der Waals surface area contributed by atoms with Crippen LogP contribution in [0.1, 0.15) is 24.0 Å². The van der Waals surface area contributed by atoms with Gasteiger partial charge in [-0.3, -0.25) is 14.4 Å². The average molecular weight is 494 g/mol. The maximum atomic E-state index is 14.0. The van der Waals surface area contributed by atoms with Gasteiger partial charge in [0.1, 0.15) is 6.04 Å². The Hall–Kier alpha value is -2.84. The molecule has 184 valence electrons. The van der Waals surface area contributed by atoms with Crippen LogP contribution in [0, 0.1) is 11.8 Å². The van der Waals surface area contributed by atoms with Gasteiger partial charge in [-0.25, -0.2) is 0 Å². The molecular weight excluding hydrogens is 462 g/mol. The standard InChI is InChI=1S/C27H31N3O4S/c1-28-24(32)21-20-12-13-27(35-20)22(21)26(34)30(19(16-31)14-17-8-4-2-5-9-17)23(27)25(33)29-15-18-10-6-3-7-11-18/h2-11,19-23,31H,12-16H2,1H3,(H,28,32)(H,29,33)/t19-,20+,21-,22+,23?,27?/m1/s1. The molecule has 8 heteroatoms. The van der Waals surface area contributed by atoms with Crippen molar-refractivity contribution in [3.05, 3.63) is 71.8 Å². The van der Waals surface area contributed by atoms with E-state index in [-0.39, 0.29) is 29.6 Å². The first kappa shape index (κ1) is 23.9. The number of likely N-dealkylation sites (tertiary alicyclic amines) is 1. The molecule has 3 N–H and O–H groups in total. The second-order valence-electron chi connectivity index (χ2n) is 9.65. The highest BCUT2D eigenvalue weighted by Gasteiger charge is 2.74. The Kier molecular flexibility index (Phi) is 6.59. The Morgan fingerprint density at radius 3 is 2.37 bits per heavy atom. The summed E-state index contributed by atoms with van der Waals surface area (Å²) in [6.07, 6.45) is 1.94. The number of hydrogen-bond donors (Lipinski definition) is 3. The summed E-state index contributed by atoms with van der Waals surface area (Å²) in [6.45, 7) is 0.0963. The number of hydrogen-bond acceptors (Lipinski definition) is 5. The highest BCUT2D eigenvalue weighted by Crippen LogP contribution is 2.66. The van der Waals surface area contributed by atoms with Crippen LogP contribution in [-0.4, -0.2) is 63.5 Å². The summed E-state index contributed by atoms with van der Waals surface area (Å²) in [4.78, 5) is 42.3. The Morgan fingerprint density at radius 2 is 1.74 bits per heavy atom. The first-order valence-electron chi connectivity index (χ1n) is 12.2. The van der Waals surface area contributed by atoms with Crippen molar-refractivity contribution in [3.8, 4) is 0 Å². The molecule has 7 nitrogen and oxygen atoms in total. The van der Waals surface area contributed by atoms with Crippen LogP contribution in [0.25, 0.3) is 0 Å². The van der Waals surface area contributed by atoms with Crippen LogP contribution in [0.15, 0.2) is 60.7 Å². The minimum Gasteiger partial charge on any atom is -0.394 e. The molecular formula is C27H31N3O4S. The largest absolute Gasteiger partial charge is 0.394 e. The fourth-order valence-electron chi connectivity index (χ4n) is 6.27. The molecule has 1 spiro atoms. The third-order valence-electron chi connectivity index (χ3n) is 7.76. The number of fused-ring (bicyclic) bond motifs is 1. The Morgan fingerprint density at radius 1 is 1.09 bits per heavy atom. The minimum absolute atomic E-state index is 0.0252. The summed E-state index contributed by atoms with van der Waals surface area (Å²) in [5, 5.41) is 16.2. The van der Waals surface area contributed by atoms with Gasteiger partial charge >= 0.3 is 0 Å². The number of benzene rings is 2. The molecule has 2 unspecified atom stereocenters. The first-order valence-corrected chi connectivity index (χ1v) is 13.1. The molecule has 3 fully saturated rings. The summed E-state index contributed by atoms with van der Waals surface area (Å²) in [5.74, 6) is -1.58. The van der Waals surface area contributed by atoms with Crippen molar-refractivity contribution < 1.29 is 19.5 Å². The van der Waals surface area contributed by atoms with E-state index in [0.29, 0.717) is 19.4 Å². The number of amides is 3. The van der Waals surface area contributed by atoms with Crippen LogP contribution < -0.4 is 10.6 Å². The lowest BCUT2D eigenvalue weighted by molar-refractivity contribution is -0.142. The highest BCUT2D eigenvalue weighted by atomic mass is 32.2. The molecule has 3 aliphatic rings. The number of aliphatic hydroxyl groups is 1. The summed E-state index contributed by atoms with van der Waals surface area (Å²) in [7, 11) is 1.60. The summed E-state index contributed by atoms with van der Waals surface area (Å²) in [5.41, 5.74) is 1.96. The second-order valence-corrected chi connectivity index (χ2v) is 11.2. The molecule has 3 saturated heterocycles. The second kappa shape index (κ2) is 9.66. The lowest BCUT2D eigenvalue weighted by Gasteiger charge is -2.37. The number of thioether (sulfide) groups is 1. The third-order valence-corrected chi connectivity index (χ3v) is 9.72. The molecule has 2 aromatic rings. The van der Waals surface area contributed by atoms with Gasteiger partial charge in [-0.15, -0.1) is 11.8 Å². The van der Waals surface area contributed by atoms with Crippen molar-refractivity contribution in [3.63, 3.8) is 0 Å². The van der Waals surface area contributed by atoms with E-state index in [1.807, 2.05) is 60.7 Å². The summed E-state index contributed by atoms with van der Waals surface area (Å²) >= 11 is 1.64. The zero-order valence-corrected chi connectivity index (χ0v) is 20.5. The molecule has 0 saturated carbocycles. The van der Waals surface area contributed by atoms with Gasteiger partial charge in [0.05, 0.1) is 29.2 Å². The van der Waals surface area contributed by atoms with Gasteiger partial charge in [-0.05, 0) is 30.4 Å². The van der Waals surface area contributed by atoms with Gasteiger partial charge in [0.2, 0.25) is 17.7 Å². The van der Waals surface area contributed by atoms with E-state index >= 15 is 0 Å². The van der Waals surface area contributed by atoms with Crippen LogP contribution in [0.3, 0.4) is 0 Å².